The van der Waals surface area contributed by atoms with Gasteiger partial charge in [-0.15, -0.1) is 0 Å². The molecule has 3 rings (SSSR count). The summed E-state index contributed by atoms with van der Waals surface area (Å²) in [5, 5.41) is 6.92. The van der Waals surface area contributed by atoms with Gasteiger partial charge in [0.25, 0.3) is 0 Å². The predicted molar refractivity (Wildman–Crippen MR) is 113 cm³/mol. The number of guanidine groups is 1. The monoisotopic (exact) mass is 372 g/mol. The van der Waals surface area contributed by atoms with E-state index in [1.54, 1.807) is 0 Å². The summed E-state index contributed by atoms with van der Waals surface area (Å²) in [7, 11) is 1.83. The third kappa shape index (κ3) is 5.58. The number of piperidine rings is 1. The van der Waals surface area contributed by atoms with Crippen LogP contribution in [0.3, 0.4) is 0 Å². The summed E-state index contributed by atoms with van der Waals surface area (Å²) in [6.07, 6.45) is 8.54. The normalized spacial score (nSPS) is 19.4. The maximum absolute atomic E-state index is 4.63. The standard InChI is InChI=1S/C21H36N6/c1-21(2,27-13-5-4-6-14-27)17-25-20(22-3)24-16-18-9-10-19(23-15-18)26-11-7-8-12-26/h9-10,15H,4-8,11-14,16-17H2,1-3H3,(H2,22,24,25). The molecule has 2 saturated heterocycles. The lowest BCUT2D eigenvalue weighted by Crippen LogP contribution is -2.54. The zero-order chi connectivity index (χ0) is 19.1. The molecule has 2 aliphatic heterocycles. The van der Waals surface area contributed by atoms with Crippen LogP contribution in [0.25, 0.3) is 0 Å². The largest absolute Gasteiger partial charge is 0.357 e. The van der Waals surface area contributed by atoms with Crippen molar-refractivity contribution in [2.75, 3.05) is 44.7 Å². The molecule has 0 radical (unpaired) electrons. The van der Waals surface area contributed by atoms with E-state index in [1.807, 2.05) is 13.2 Å². The highest BCUT2D eigenvalue weighted by atomic mass is 15.2. The summed E-state index contributed by atoms with van der Waals surface area (Å²) in [5.41, 5.74) is 1.31. The molecule has 27 heavy (non-hydrogen) atoms. The topological polar surface area (TPSA) is 55.8 Å². The first kappa shape index (κ1) is 19.9. The van der Waals surface area contributed by atoms with Gasteiger partial charge >= 0.3 is 0 Å². The van der Waals surface area contributed by atoms with Gasteiger partial charge in [-0.25, -0.2) is 4.98 Å². The van der Waals surface area contributed by atoms with Crippen molar-refractivity contribution in [1.82, 2.24) is 20.5 Å². The molecule has 2 aliphatic rings. The van der Waals surface area contributed by atoms with Crippen LogP contribution in [0.15, 0.2) is 23.3 Å². The molecule has 2 N–H and O–H groups in total. The van der Waals surface area contributed by atoms with Gasteiger partial charge in [-0.05, 0) is 64.3 Å². The number of anilines is 1. The molecule has 0 bridgehead atoms. The fourth-order valence-corrected chi connectivity index (χ4v) is 3.97. The molecule has 0 saturated carbocycles. The minimum atomic E-state index is 0.136. The first-order valence-electron chi connectivity index (χ1n) is 10.5. The molecule has 1 aromatic heterocycles. The first-order chi connectivity index (χ1) is 13.1. The van der Waals surface area contributed by atoms with Gasteiger partial charge in [-0.2, -0.15) is 0 Å². The van der Waals surface area contributed by atoms with E-state index in [1.165, 1.54) is 50.8 Å². The maximum atomic E-state index is 4.63. The Bertz CT molecular complexity index is 598. The Morgan fingerprint density at radius 2 is 1.74 bits per heavy atom. The van der Waals surface area contributed by atoms with Crippen LogP contribution < -0.4 is 15.5 Å². The highest BCUT2D eigenvalue weighted by molar-refractivity contribution is 5.79. The number of hydrogen-bond acceptors (Lipinski definition) is 4. The maximum Gasteiger partial charge on any atom is 0.191 e. The Kier molecular flexibility index (Phi) is 6.94. The van der Waals surface area contributed by atoms with E-state index in [0.717, 1.165) is 38.0 Å². The summed E-state index contributed by atoms with van der Waals surface area (Å²) < 4.78 is 0. The van der Waals surface area contributed by atoms with Crippen LogP contribution in [0.1, 0.15) is 51.5 Å². The van der Waals surface area contributed by atoms with Crippen LogP contribution in [0.4, 0.5) is 5.82 Å². The fourth-order valence-electron chi connectivity index (χ4n) is 3.97. The van der Waals surface area contributed by atoms with Crippen molar-refractivity contribution in [3.63, 3.8) is 0 Å². The van der Waals surface area contributed by atoms with Gasteiger partial charge < -0.3 is 15.5 Å². The van der Waals surface area contributed by atoms with Crippen molar-refractivity contribution in [1.29, 1.82) is 0 Å². The van der Waals surface area contributed by atoms with Gasteiger partial charge in [0.05, 0.1) is 0 Å². The van der Waals surface area contributed by atoms with E-state index in [-0.39, 0.29) is 5.54 Å². The van der Waals surface area contributed by atoms with Gasteiger partial charge in [0.2, 0.25) is 0 Å². The predicted octanol–water partition coefficient (Wildman–Crippen LogP) is 2.61. The van der Waals surface area contributed by atoms with Crippen LogP contribution in [0.5, 0.6) is 0 Å². The summed E-state index contributed by atoms with van der Waals surface area (Å²) in [4.78, 5) is 14.0. The van der Waals surface area contributed by atoms with Crippen molar-refractivity contribution in [2.24, 2.45) is 4.99 Å². The average molecular weight is 373 g/mol. The van der Waals surface area contributed by atoms with Crippen molar-refractivity contribution in [2.45, 2.75) is 58.0 Å². The van der Waals surface area contributed by atoms with Crippen LogP contribution >= 0.6 is 0 Å². The summed E-state index contributed by atoms with van der Waals surface area (Å²) >= 11 is 0. The molecule has 3 heterocycles. The summed E-state index contributed by atoms with van der Waals surface area (Å²) in [6.45, 7) is 10.9. The molecule has 0 atom stereocenters. The molecular formula is C21H36N6. The zero-order valence-electron chi connectivity index (χ0n) is 17.3. The highest BCUT2D eigenvalue weighted by Gasteiger charge is 2.27. The number of hydrogen-bond donors (Lipinski definition) is 2. The van der Waals surface area contributed by atoms with E-state index < -0.39 is 0 Å². The Morgan fingerprint density at radius 1 is 1.04 bits per heavy atom. The van der Waals surface area contributed by atoms with Gasteiger partial charge in [0.15, 0.2) is 5.96 Å². The number of aliphatic imine (C=N–C) groups is 1. The Hall–Kier alpha value is -1.82. The van der Waals surface area contributed by atoms with Crippen LogP contribution in [-0.4, -0.2) is 61.2 Å². The lowest BCUT2D eigenvalue weighted by Gasteiger charge is -2.41. The van der Waals surface area contributed by atoms with E-state index >= 15 is 0 Å². The zero-order valence-corrected chi connectivity index (χ0v) is 17.3. The summed E-state index contributed by atoms with van der Waals surface area (Å²) in [6, 6.07) is 4.30. The van der Waals surface area contributed by atoms with Crippen molar-refractivity contribution >= 4 is 11.8 Å². The lowest BCUT2D eigenvalue weighted by molar-refractivity contribution is 0.0982. The number of nitrogens with one attached hydrogen (secondary N) is 2. The third-order valence-corrected chi connectivity index (χ3v) is 5.82. The quantitative estimate of drug-likeness (QED) is 0.594. The Morgan fingerprint density at radius 3 is 2.37 bits per heavy atom. The van der Waals surface area contributed by atoms with Gasteiger partial charge in [0.1, 0.15) is 5.82 Å². The number of pyridine rings is 1. The molecule has 0 amide bonds. The van der Waals surface area contributed by atoms with Crippen LogP contribution in [0, 0.1) is 0 Å². The van der Waals surface area contributed by atoms with E-state index in [2.05, 4.69) is 56.4 Å². The van der Waals surface area contributed by atoms with Gasteiger partial charge in [0, 0.05) is 45.0 Å². The van der Waals surface area contributed by atoms with Crippen LogP contribution in [0.2, 0.25) is 0 Å². The second-order valence-corrected chi connectivity index (χ2v) is 8.36. The number of likely N-dealkylation sites (tertiary alicyclic amines) is 1. The second kappa shape index (κ2) is 9.40. The highest BCUT2D eigenvalue weighted by Crippen LogP contribution is 2.20. The van der Waals surface area contributed by atoms with Crippen molar-refractivity contribution in [3.05, 3.63) is 23.9 Å². The minimum Gasteiger partial charge on any atom is -0.357 e. The number of rotatable bonds is 6. The first-order valence-corrected chi connectivity index (χ1v) is 10.5. The molecule has 0 aromatic carbocycles. The molecule has 1 aromatic rings. The SMILES string of the molecule is CN=C(NCc1ccc(N2CCCC2)nc1)NCC(C)(C)N1CCCCC1. The lowest BCUT2D eigenvalue weighted by atomic mass is 9.98. The molecular weight excluding hydrogens is 336 g/mol. The minimum absolute atomic E-state index is 0.136. The van der Waals surface area contributed by atoms with Crippen molar-refractivity contribution < 1.29 is 0 Å². The van der Waals surface area contributed by atoms with E-state index in [9.17, 15) is 0 Å². The summed E-state index contributed by atoms with van der Waals surface area (Å²) in [5.74, 6) is 1.95. The second-order valence-electron chi connectivity index (χ2n) is 8.36. The molecule has 6 nitrogen and oxygen atoms in total. The molecule has 2 fully saturated rings. The molecule has 0 spiro atoms. The van der Waals surface area contributed by atoms with Crippen LogP contribution in [-0.2, 0) is 6.54 Å². The average Bonchev–Trinajstić information content (AvgIpc) is 3.24. The molecule has 6 heteroatoms. The van der Waals surface area contributed by atoms with E-state index in [4.69, 9.17) is 0 Å². The number of nitrogens with zero attached hydrogens (tertiary/aromatic N) is 4. The molecule has 150 valence electrons. The van der Waals surface area contributed by atoms with E-state index in [0.29, 0.717) is 0 Å². The smallest absolute Gasteiger partial charge is 0.191 e. The Labute approximate surface area is 164 Å². The fraction of sp³-hybridized carbons (Fsp3) is 0.714. The van der Waals surface area contributed by atoms with Crippen molar-refractivity contribution in [3.8, 4) is 0 Å². The van der Waals surface area contributed by atoms with Gasteiger partial charge in [-0.1, -0.05) is 12.5 Å². The molecule has 0 unspecified atom stereocenters. The number of aromatic nitrogens is 1. The Balaban J connectivity index is 1.45. The molecule has 0 aliphatic carbocycles. The third-order valence-electron chi connectivity index (χ3n) is 5.82. The van der Waals surface area contributed by atoms with Gasteiger partial charge in [-0.3, -0.25) is 9.89 Å².